The number of carbonyl (C=O) groups is 1. The van der Waals surface area contributed by atoms with E-state index in [-0.39, 0.29) is 11.9 Å². The topological polar surface area (TPSA) is 59.4 Å². The van der Waals surface area contributed by atoms with Crippen LogP contribution in [0.1, 0.15) is 23.7 Å². The minimum Gasteiger partial charge on any atom is -0.496 e. The first-order chi connectivity index (χ1) is 11.2. The van der Waals surface area contributed by atoms with Crippen molar-refractivity contribution >= 4 is 5.91 Å². The molecule has 6 nitrogen and oxygen atoms in total. The van der Waals surface area contributed by atoms with Gasteiger partial charge in [0, 0.05) is 38.4 Å². The van der Waals surface area contributed by atoms with Gasteiger partial charge in [0.2, 0.25) is 5.91 Å². The second-order valence-electron chi connectivity index (χ2n) is 5.78. The summed E-state index contributed by atoms with van der Waals surface area (Å²) in [6.45, 7) is 2.40. The molecule has 6 heteroatoms. The number of nitrogens with one attached hydrogen (secondary N) is 1. The number of hydrogen-bond donors (Lipinski definition) is 1. The zero-order valence-corrected chi connectivity index (χ0v) is 13.5. The number of ether oxygens (including phenoxy) is 1. The molecule has 122 valence electrons. The van der Waals surface area contributed by atoms with Gasteiger partial charge >= 0.3 is 0 Å². The summed E-state index contributed by atoms with van der Waals surface area (Å²) in [7, 11) is 3.36. The predicted octanol–water partition coefficient (Wildman–Crippen LogP) is 1.58. The smallest absolute Gasteiger partial charge is 0.221 e. The third kappa shape index (κ3) is 3.37. The number of fused-ring (bicyclic) bond motifs is 1. The van der Waals surface area contributed by atoms with Gasteiger partial charge in [-0.25, -0.2) is 0 Å². The number of methoxy groups -OCH3 is 1. The Labute approximate surface area is 136 Å². The first-order valence-electron chi connectivity index (χ1n) is 7.78. The number of aromatic nitrogens is 2. The molecule has 0 aliphatic carbocycles. The van der Waals surface area contributed by atoms with E-state index >= 15 is 0 Å². The lowest BCUT2D eigenvalue weighted by molar-refractivity contribution is -0.121. The van der Waals surface area contributed by atoms with Crippen LogP contribution in [-0.2, 0) is 17.9 Å². The molecular weight excluding hydrogens is 292 g/mol. The van der Waals surface area contributed by atoms with Crippen LogP contribution in [0.25, 0.3) is 0 Å². The van der Waals surface area contributed by atoms with Crippen molar-refractivity contribution in [2.45, 2.75) is 25.6 Å². The molecule has 0 radical (unpaired) electrons. The Kier molecular flexibility index (Phi) is 4.62. The molecule has 1 unspecified atom stereocenters. The molecule has 1 N–H and O–H groups in total. The van der Waals surface area contributed by atoms with Gasteiger partial charge in [-0.1, -0.05) is 18.2 Å². The Morgan fingerprint density at radius 3 is 3.00 bits per heavy atom. The largest absolute Gasteiger partial charge is 0.496 e. The standard InChI is InChI=1S/C17H22N4O2/c1-18-17(22)9-15-12-20(11-14-7-8-19-21(14)15)10-13-5-3-4-6-16(13)23-2/h3-8,15H,9-12H2,1-2H3,(H,18,22). The molecule has 0 bridgehead atoms. The lowest BCUT2D eigenvalue weighted by atomic mass is 10.1. The average molecular weight is 314 g/mol. The molecule has 0 saturated heterocycles. The highest BCUT2D eigenvalue weighted by Gasteiger charge is 2.27. The highest BCUT2D eigenvalue weighted by atomic mass is 16.5. The van der Waals surface area contributed by atoms with E-state index in [0.29, 0.717) is 6.42 Å². The van der Waals surface area contributed by atoms with E-state index in [9.17, 15) is 4.79 Å². The fourth-order valence-electron chi connectivity index (χ4n) is 3.13. The van der Waals surface area contributed by atoms with Crippen molar-refractivity contribution in [3.8, 4) is 5.75 Å². The first-order valence-corrected chi connectivity index (χ1v) is 7.78. The van der Waals surface area contributed by atoms with E-state index in [1.807, 2.05) is 28.9 Å². The molecule has 1 amide bonds. The van der Waals surface area contributed by atoms with Gasteiger partial charge in [0.25, 0.3) is 0 Å². The van der Waals surface area contributed by atoms with Gasteiger partial charge in [-0.05, 0) is 12.1 Å². The van der Waals surface area contributed by atoms with Crippen LogP contribution in [0.5, 0.6) is 5.75 Å². The maximum absolute atomic E-state index is 11.8. The van der Waals surface area contributed by atoms with E-state index in [2.05, 4.69) is 21.4 Å². The minimum absolute atomic E-state index is 0.0376. The van der Waals surface area contributed by atoms with Gasteiger partial charge in [-0.3, -0.25) is 14.4 Å². The van der Waals surface area contributed by atoms with Crippen LogP contribution < -0.4 is 10.1 Å². The summed E-state index contributed by atoms with van der Waals surface area (Å²) in [5, 5.41) is 7.09. The van der Waals surface area contributed by atoms with Gasteiger partial charge in [0.1, 0.15) is 5.75 Å². The maximum atomic E-state index is 11.8. The Morgan fingerprint density at radius 2 is 2.22 bits per heavy atom. The number of nitrogens with zero attached hydrogens (tertiary/aromatic N) is 3. The van der Waals surface area contributed by atoms with Crippen molar-refractivity contribution in [3.05, 3.63) is 47.8 Å². The molecule has 1 aliphatic rings. The molecule has 3 rings (SSSR count). The van der Waals surface area contributed by atoms with Crippen molar-refractivity contribution < 1.29 is 9.53 Å². The van der Waals surface area contributed by atoms with E-state index in [4.69, 9.17) is 4.74 Å². The summed E-state index contributed by atoms with van der Waals surface area (Å²) >= 11 is 0. The summed E-state index contributed by atoms with van der Waals surface area (Å²) in [6, 6.07) is 10.1. The zero-order chi connectivity index (χ0) is 16.2. The maximum Gasteiger partial charge on any atom is 0.221 e. The van der Waals surface area contributed by atoms with Gasteiger partial charge in [0.05, 0.1) is 25.3 Å². The van der Waals surface area contributed by atoms with Crippen LogP contribution in [0.2, 0.25) is 0 Å². The molecule has 0 saturated carbocycles. The summed E-state index contributed by atoms with van der Waals surface area (Å²) in [5.74, 6) is 0.935. The van der Waals surface area contributed by atoms with Crippen LogP contribution in [0.4, 0.5) is 0 Å². The molecule has 2 heterocycles. The second kappa shape index (κ2) is 6.83. The molecule has 0 spiro atoms. The normalized spacial score (nSPS) is 17.6. The van der Waals surface area contributed by atoms with E-state index in [1.54, 1.807) is 20.4 Å². The summed E-state index contributed by atoms with van der Waals surface area (Å²) in [4.78, 5) is 14.1. The van der Waals surface area contributed by atoms with E-state index < -0.39 is 0 Å². The number of amides is 1. The van der Waals surface area contributed by atoms with Crippen LogP contribution in [0.15, 0.2) is 36.5 Å². The molecule has 1 atom stereocenters. The van der Waals surface area contributed by atoms with Crippen LogP contribution in [0, 0.1) is 0 Å². The Hall–Kier alpha value is -2.34. The number of hydrogen-bond acceptors (Lipinski definition) is 4. The number of rotatable bonds is 5. The van der Waals surface area contributed by atoms with Crippen molar-refractivity contribution in [2.24, 2.45) is 0 Å². The predicted molar refractivity (Wildman–Crippen MR) is 87.1 cm³/mol. The molecule has 1 aliphatic heterocycles. The molecule has 23 heavy (non-hydrogen) atoms. The first kappa shape index (κ1) is 15.6. The van der Waals surface area contributed by atoms with Gasteiger partial charge in [-0.15, -0.1) is 0 Å². The quantitative estimate of drug-likeness (QED) is 0.910. The van der Waals surface area contributed by atoms with Gasteiger partial charge in [0.15, 0.2) is 0 Å². The number of carbonyl (C=O) groups excluding carboxylic acids is 1. The van der Waals surface area contributed by atoms with Crippen LogP contribution in [-0.4, -0.2) is 41.3 Å². The van der Waals surface area contributed by atoms with Gasteiger partial charge < -0.3 is 10.1 Å². The molecular formula is C17H22N4O2. The second-order valence-corrected chi connectivity index (χ2v) is 5.78. The van der Waals surface area contributed by atoms with Crippen molar-refractivity contribution in [1.29, 1.82) is 0 Å². The lowest BCUT2D eigenvalue weighted by Crippen LogP contribution is -2.39. The average Bonchev–Trinajstić information content (AvgIpc) is 3.04. The Balaban J connectivity index is 1.78. The Morgan fingerprint density at radius 1 is 1.39 bits per heavy atom. The van der Waals surface area contributed by atoms with Gasteiger partial charge in [-0.2, -0.15) is 5.10 Å². The third-order valence-corrected chi connectivity index (χ3v) is 4.24. The van der Waals surface area contributed by atoms with Crippen LogP contribution in [0.3, 0.4) is 0 Å². The number of para-hydroxylation sites is 1. The summed E-state index contributed by atoms with van der Waals surface area (Å²) in [6.07, 6.45) is 2.24. The molecule has 1 aromatic heterocycles. The highest BCUT2D eigenvalue weighted by Crippen LogP contribution is 2.26. The van der Waals surface area contributed by atoms with E-state index in [1.165, 1.54) is 0 Å². The molecule has 0 fully saturated rings. The minimum atomic E-state index is 0.0376. The van der Waals surface area contributed by atoms with Crippen LogP contribution >= 0.6 is 0 Å². The summed E-state index contributed by atoms with van der Waals surface area (Å²) < 4.78 is 7.42. The summed E-state index contributed by atoms with van der Waals surface area (Å²) in [5.41, 5.74) is 2.29. The van der Waals surface area contributed by atoms with Crippen molar-refractivity contribution in [2.75, 3.05) is 20.7 Å². The molecule has 2 aromatic rings. The monoisotopic (exact) mass is 314 g/mol. The van der Waals surface area contributed by atoms with E-state index in [0.717, 1.165) is 36.6 Å². The van der Waals surface area contributed by atoms with Crippen molar-refractivity contribution in [3.63, 3.8) is 0 Å². The highest BCUT2D eigenvalue weighted by molar-refractivity contribution is 5.76. The number of benzene rings is 1. The Bertz CT molecular complexity index is 683. The fraction of sp³-hybridized carbons (Fsp3) is 0.412. The molecule has 1 aromatic carbocycles. The fourth-order valence-corrected chi connectivity index (χ4v) is 3.13. The van der Waals surface area contributed by atoms with Crippen molar-refractivity contribution in [1.82, 2.24) is 20.0 Å². The zero-order valence-electron chi connectivity index (χ0n) is 13.5. The SMILES string of the molecule is CNC(=O)CC1CN(Cc2ccccc2OC)Cc2ccnn21. The lowest BCUT2D eigenvalue weighted by Gasteiger charge is -2.33. The third-order valence-electron chi connectivity index (χ3n) is 4.24.